The highest BCUT2D eigenvalue weighted by Gasteiger charge is 2.10. The molecule has 0 saturated heterocycles. The van der Waals surface area contributed by atoms with Crippen LogP contribution < -0.4 is 10.9 Å². The smallest absolute Gasteiger partial charge is 0.293 e. The van der Waals surface area contributed by atoms with Gasteiger partial charge in [-0.1, -0.05) is 6.92 Å². The van der Waals surface area contributed by atoms with E-state index in [0.717, 1.165) is 6.42 Å². The van der Waals surface area contributed by atoms with Crippen molar-refractivity contribution in [3.05, 3.63) is 22.7 Å². The summed E-state index contributed by atoms with van der Waals surface area (Å²) in [6.45, 7) is 2.10. The van der Waals surface area contributed by atoms with E-state index in [1.54, 1.807) is 10.8 Å². The van der Waals surface area contributed by atoms with Gasteiger partial charge >= 0.3 is 0 Å². The minimum absolute atomic E-state index is 0.157. The molecule has 6 heteroatoms. The molecule has 0 aromatic carbocycles. The molecule has 0 aliphatic carbocycles. The standard InChI is InChI=1S/C10H17N3O3/c1-2-4-13-5-3-11-9(10(13)16)12-8(6-14)7-15/h3,5,8,14-15H,2,4,6-7H2,1H3,(H,11,12). The molecular formula is C10H17N3O3. The fourth-order valence-corrected chi connectivity index (χ4v) is 1.31. The summed E-state index contributed by atoms with van der Waals surface area (Å²) in [5.41, 5.74) is -0.240. The number of rotatable bonds is 6. The van der Waals surface area contributed by atoms with E-state index in [1.165, 1.54) is 6.20 Å². The average Bonchev–Trinajstić information content (AvgIpc) is 2.30. The van der Waals surface area contributed by atoms with Crippen LogP contribution in [0.25, 0.3) is 0 Å². The number of aliphatic hydroxyl groups is 2. The molecule has 0 fully saturated rings. The van der Waals surface area contributed by atoms with Crippen molar-refractivity contribution in [3.8, 4) is 0 Å². The highest BCUT2D eigenvalue weighted by atomic mass is 16.3. The molecule has 6 nitrogen and oxygen atoms in total. The van der Waals surface area contributed by atoms with Crippen molar-refractivity contribution in [2.45, 2.75) is 25.9 Å². The number of anilines is 1. The predicted octanol–water partition coefficient (Wildman–Crippen LogP) is -0.582. The number of aromatic nitrogens is 2. The fraction of sp³-hybridized carbons (Fsp3) is 0.600. The minimum atomic E-state index is -0.558. The molecule has 1 aromatic rings. The first kappa shape index (κ1) is 12.7. The number of hydrogen-bond donors (Lipinski definition) is 3. The van der Waals surface area contributed by atoms with Gasteiger partial charge in [0.2, 0.25) is 0 Å². The lowest BCUT2D eigenvalue weighted by atomic mass is 10.3. The van der Waals surface area contributed by atoms with Crippen molar-refractivity contribution in [1.29, 1.82) is 0 Å². The van der Waals surface area contributed by atoms with Crippen LogP contribution in [-0.4, -0.2) is 39.0 Å². The van der Waals surface area contributed by atoms with Gasteiger partial charge in [-0.05, 0) is 6.42 Å². The van der Waals surface area contributed by atoms with Gasteiger partial charge in [-0.2, -0.15) is 0 Å². The first-order valence-electron chi connectivity index (χ1n) is 5.26. The van der Waals surface area contributed by atoms with Gasteiger partial charge in [-0.15, -0.1) is 0 Å². The van der Waals surface area contributed by atoms with Crippen LogP contribution >= 0.6 is 0 Å². The summed E-state index contributed by atoms with van der Waals surface area (Å²) in [7, 11) is 0. The van der Waals surface area contributed by atoms with E-state index in [9.17, 15) is 4.79 Å². The van der Waals surface area contributed by atoms with E-state index >= 15 is 0 Å². The lowest BCUT2D eigenvalue weighted by Gasteiger charge is -2.14. The van der Waals surface area contributed by atoms with E-state index in [4.69, 9.17) is 10.2 Å². The zero-order chi connectivity index (χ0) is 12.0. The molecule has 3 N–H and O–H groups in total. The van der Waals surface area contributed by atoms with Crippen LogP contribution in [0, 0.1) is 0 Å². The molecule has 0 aliphatic rings. The van der Waals surface area contributed by atoms with Gasteiger partial charge in [0.1, 0.15) is 0 Å². The lowest BCUT2D eigenvalue weighted by Crippen LogP contribution is -2.33. The van der Waals surface area contributed by atoms with Crippen molar-refractivity contribution in [3.63, 3.8) is 0 Å². The Morgan fingerprint density at radius 2 is 2.19 bits per heavy atom. The third kappa shape index (κ3) is 3.04. The van der Waals surface area contributed by atoms with Crippen molar-refractivity contribution >= 4 is 5.82 Å². The lowest BCUT2D eigenvalue weighted by molar-refractivity contribution is 0.203. The SMILES string of the molecule is CCCn1ccnc(NC(CO)CO)c1=O. The number of hydrogen-bond acceptors (Lipinski definition) is 5. The van der Waals surface area contributed by atoms with Crippen molar-refractivity contribution in [2.75, 3.05) is 18.5 Å². The van der Waals surface area contributed by atoms with Gasteiger partial charge in [-0.3, -0.25) is 4.79 Å². The predicted molar refractivity (Wildman–Crippen MR) is 60.4 cm³/mol. The van der Waals surface area contributed by atoms with Gasteiger partial charge in [0.05, 0.1) is 19.3 Å². The largest absolute Gasteiger partial charge is 0.394 e. The molecule has 1 heterocycles. The maximum atomic E-state index is 11.8. The molecule has 0 amide bonds. The number of nitrogens with zero attached hydrogens (tertiary/aromatic N) is 2. The average molecular weight is 227 g/mol. The third-order valence-corrected chi connectivity index (χ3v) is 2.16. The Morgan fingerprint density at radius 1 is 1.50 bits per heavy atom. The minimum Gasteiger partial charge on any atom is -0.394 e. The Morgan fingerprint density at radius 3 is 2.75 bits per heavy atom. The molecule has 90 valence electrons. The molecule has 0 bridgehead atoms. The van der Waals surface area contributed by atoms with Gasteiger partial charge < -0.3 is 20.1 Å². The first-order chi connectivity index (χ1) is 7.72. The second-order valence-corrected chi connectivity index (χ2v) is 3.48. The zero-order valence-corrected chi connectivity index (χ0v) is 9.26. The van der Waals surface area contributed by atoms with E-state index in [0.29, 0.717) is 6.54 Å². The normalized spacial score (nSPS) is 10.8. The molecule has 1 aromatic heterocycles. The Balaban J connectivity index is 2.88. The topological polar surface area (TPSA) is 87.4 Å². The molecular weight excluding hydrogens is 210 g/mol. The third-order valence-electron chi connectivity index (χ3n) is 2.16. The van der Waals surface area contributed by atoms with Gasteiger partial charge in [0, 0.05) is 18.9 Å². The zero-order valence-electron chi connectivity index (χ0n) is 9.26. The van der Waals surface area contributed by atoms with E-state index in [-0.39, 0.29) is 24.6 Å². The molecule has 0 spiro atoms. The van der Waals surface area contributed by atoms with Crippen molar-refractivity contribution in [1.82, 2.24) is 9.55 Å². The van der Waals surface area contributed by atoms with Crippen LogP contribution in [0.1, 0.15) is 13.3 Å². The first-order valence-corrected chi connectivity index (χ1v) is 5.26. The van der Waals surface area contributed by atoms with Crippen LogP contribution in [0.5, 0.6) is 0 Å². The second-order valence-electron chi connectivity index (χ2n) is 3.48. The van der Waals surface area contributed by atoms with Crippen LogP contribution in [0.15, 0.2) is 17.2 Å². The number of aryl methyl sites for hydroxylation is 1. The summed E-state index contributed by atoms with van der Waals surface area (Å²) in [5, 5.41) is 20.5. The molecule has 0 radical (unpaired) electrons. The summed E-state index contributed by atoms with van der Waals surface area (Å²) in [4.78, 5) is 15.7. The van der Waals surface area contributed by atoms with Crippen molar-refractivity contribution in [2.24, 2.45) is 0 Å². The number of aliphatic hydroxyl groups excluding tert-OH is 2. The monoisotopic (exact) mass is 227 g/mol. The van der Waals surface area contributed by atoms with Gasteiger partial charge in [0.25, 0.3) is 5.56 Å². The summed E-state index contributed by atoms with van der Waals surface area (Å²) >= 11 is 0. The maximum Gasteiger partial charge on any atom is 0.293 e. The molecule has 1 rings (SSSR count). The molecule has 0 atom stereocenters. The Hall–Kier alpha value is -1.40. The quantitative estimate of drug-likeness (QED) is 0.605. The van der Waals surface area contributed by atoms with E-state index < -0.39 is 6.04 Å². The Kier molecular flexibility index (Phi) is 4.94. The van der Waals surface area contributed by atoms with Crippen LogP contribution in [-0.2, 0) is 6.54 Å². The highest BCUT2D eigenvalue weighted by Crippen LogP contribution is 1.97. The molecule has 16 heavy (non-hydrogen) atoms. The van der Waals surface area contributed by atoms with Crippen LogP contribution in [0.3, 0.4) is 0 Å². The Bertz CT molecular complexity index is 374. The molecule has 0 saturated carbocycles. The van der Waals surface area contributed by atoms with Gasteiger partial charge in [-0.25, -0.2) is 4.98 Å². The van der Waals surface area contributed by atoms with Crippen LogP contribution in [0.4, 0.5) is 5.82 Å². The summed E-state index contributed by atoms with van der Waals surface area (Å²) in [6.07, 6.45) is 3.99. The maximum absolute atomic E-state index is 11.8. The fourth-order valence-electron chi connectivity index (χ4n) is 1.31. The molecule has 0 unspecified atom stereocenters. The summed E-state index contributed by atoms with van der Waals surface area (Å²) in [6, 6.07) is -0.558. The number of nitrogens with one attached hydrogen (secondary N) is 1. The second kappa shape index (κ2) is 6.24. The highest BCUT2D eigenvalue weighted by molar-refractivity contribution is 5.32. The van der Waals surface area contributed by atoms with Gasteiger partial charge in [0.15, 0.2) is 5.82 Å². The Labute approximate surface area is 93.6 Å². The summed E-state index contributed by atoms with van der Waals surface area (Å²) < 4.78 is 1.54. The van der Waals surface area contributed by atoms with Crippen molar-refractivity contribution < 1.29 is 10.2 Å². The van der Waals surface area contributed by atoms with E-state index in [1.807, 2.05) is 6.92 Å². The van der Waals surface area contributed by atoms with Crippen LogP contribution in [0.2, 0.25) is 0 Å². The summed E-state index contributed by atoms with van der Waals surface area (Å²) in [5.74, 6) is 0.157. The molecule has 0 aliphatic heterocycles. The van der Waals surface area contributed by atoms with E-state index in [2.05, 4.69) is 10.3 Å².